The molecule has 0 amide bonds. The zero-order chi connectivity index (χ0) is 15.1. The minimum absolute atomic E-state index is 0.318. The van der Waals surface area contributed by atoms with E-state index in [4.69, 9.17) is 21.8 Å². The van der Waals surface area contributed by atoms with Crippen molar-refractivity contribution >= 4 is 17.4 Å². The number of nitrogen functional groups attached to an aromatic ring is 1. The van der Waals surface area contributed by atoms with Crippen LogP contribution >= 0.6 is 11.6 Å². The van der Waals surface area contributed by atoms with Crippen LogP contribution in [0.5, 0.6) is 0 Å². The lowest BCUT2D eigenvalue weighted by atomic mass is 9.98. The number of aromatic nitrogens is 2. The molecule has 0 radical (unpaired) electrons. The standard InChI is InChI=1S/C16H16ClN3O/c1-9-4-5-11(8-10(9)2)13-14(19-20(3)16(13)18)12-6-7-21-15(12)17/h4-8H,18H2,1-3H3. The van der Waals surface area contributed by atoms with Crippen LogP contribution in [-0.4, -0.2) is 9.78 Å². The van der Waals surface area contributed by atoms with Gasteiger partial charge < -0.3 is 10.2 Å². The minimum atomic E-state index is 0.318. The molecule has 1 aromatic carbocycles. The molecule has 21 heavy (non-hydrogen) atoms. The van der Waals surface area contributed by atoms with E-state index in [1.54, 1.807) is 17.0 Å². The number of halogens is 1. The fraction of sp³-hybridized carbons (Fsp3) is 0.188. The summed E-state index contributed by atoms with van der Waals surface area (Å²) in [5, 5.41) is 4.81. The van der Waals surface area contributed by atoms with Gasteiger partial charge in [-0.2, -0.15) is 5.10 Å². The van der Waals surface area contributed by atoms with Gasteiger partial charge in [-0.05, 0) is 48.2 Å². The molecule has 0 aliphatic rings. The lowest BCUT2D eigenvalue weighted by Crippen LogP contribution is -1.98. The number of aryl methyl sites for hydroxylation is 3. The Hall–Kier alpha value is -2.20. The van der Waals surface area contributed by atoms with E-state index in [2.05, 4.69) is 31.1 Å². The molecule has 108 valence electrons. The van der Waals surface area contributed by atoms with Gasteiger partial charge in [-0.15, -0.1) is 0 Å². The monoisotopic (exact) mass is 301 g/mol. The maximum absolute atomic E-state index is 6.21. The number of anilines is 1. The van der Waals surface area contributed by atoms with Gasteiger partial charge in [0.25, 0.3) is 0 Å². The molecule has 0 saturated heterocycles. The summed E-state index contributed by atoms with van der Waals surface area (Å²) in [4.78, 5) is 0. The predicted molar refractivity (Wildman–Crippen MR) is 85.2 cm³/mol. The van der Waals surface area contributed by atoms with E-state index < -0.39 is 0 Å². The zero-order valence-corrected chi connectivity index (χ0v) is 12.9. The van der Waals surface area contributed by atoms with Crippen molar-refractivity contribution in [3.8, 4) is 22.4 Å². The molecule has 0 unspecified atom stereocenters. The molecule has 2 aromatic heterocycles. The number of hydrogen-bond acceptors (Lipinski definition) is 3. The topological polar surface area (TPSA) is 57.0 Å². The van der Waals surface area contributed by atoms with Crippen LogP contribution in [0.15, 0.2) is 34.9 Å². The Morgan fingerprint density at radius 2 is 1.95 bits per heavy atom. The summed E-state index contributed by atoms with van der Waals surface area (Å²) in [6.45, 7) is 4.16. The molecule has 2 N–H and O–H groups in total. The largest absolute Gasteiger partial charge is 0.452 e. The minimum Gasteiger partial charge on any atom is -0.452 e. The molecular formula is C16H16ClN3O. The Bertz CT molecular complexity index is 817. The summed E-state index contributed by atoms with van der Waals surface area (Å²) in [6.07, 6.45) is 1.55. The third kappa shape index (κ3) is 2.21. The Labute approximate surface area is 128 Å². The van der Waals surface area contributed by atoms with Crippen molar-refractivity contribution in [1.29, 1.82) is 0 Å². The first-order valence-corrected chi connectivity index (χ1v) is 7.00. The van der Waals surface area contributed by atoms with Crippen molar-refractivity contribution in [2.45, 2.75) is 13.8 Å². The van der Waals surface area contributed by atoms with Crippen LogP contribution in [-0.2, 0) is 7.05 Å². The van der Waals surface area contributed by atoms with Gasteiger partial charge >= 0.3 is 0 Å². The number of hydrogen-bond donors (Lipinski definition) is 1. The maximum Gasteiger partial charge on any atom is 0.202 e. The molecule has 0 aliphatic heterocycles. The van der Waals surface area contributed by atoms with E-state index in [9.17, 15) is 0 Å². The first-order valence-electron chi connectivity index (χ1n) is 6.62. The summed E-state index contributed by atoms with van der Waals surface area (Å²) in [6, 6.07) is 8.04. The van der Waals surface area contributed by atoms with E-state index >= 15 is 0 Å². The number of nitrogens with zero attached hydrogens (tertiary/aromatic N) is 2. The van der Waals surface area contributed by atoms with E-state index in [0.29, 0.717) is 11.0 Å². The summed E-state index contributed by atoms with van der Waals surface area (Å²) < 4.78 is 6.83. The fourth-order valence-electron chi connectivity index (χ4n) is 2.37. The third-order valence-electron chi connectivity index (χ3n) is 3.76. The van der Waals surface area contributed by atoms with Gasteiger partial charge in [0.1, 0.15) is 11.5 Å². The highest BCUT2D eigenvalue weighted by Gasteiger charge is 2.20. The van der Waals surface area contributed by atoms with Crippen LogP contribution in [0.3, 0.4) is 0 Å². The molecule has 2 heterocycles. The molecular weight excluding hydrogens is 286 g/mol. The number of furan rings is 1. The second kappa shape index (κ2) is 4.97. The average Bonchev–Trinajstić information content (AvgIpc) is 2.98. The van der Waals surface area contributed by atoms with E-state index in [-0.39, 0.29) is 0 Å². The third-order valence-corrected chi connectivity index (χ3v) is 4.05. The molecule has 0 spiro atoms. The first-order chi connectivity index (χ1) is 9.99. The second-order valence-electron chi connectivity index (χ2n) is 5.14. The van der Waals surface area contributed by atoms with Crippen LogP contribution in [0.25, 0.3) is 22.4 Å². The van der Waals surface area contributed by atoms with Crippen molar-refractivity contribution in [3.63, 3.8) is 0 Å². The van der Waals surface area contributed by atoms with Gasteiger partial charge in [0.15, 0.2) is 0 Å². The molecule has 0 fully saturated rings. The SMILES string of the molecule is Cc1ccc(-c2c(-c3ccoc3Cl)nn(C)c2N)cc1C. The van der Waals surface area contributed by atoms with Crippen molar-refractivity contribution in [1.82, 2.24) is 9.78 Å². The lowest BCUT2D eigenvalue weighted by molar-refractivity contribution is 0.570. The number of rotatable bonds is 2. The Morgan fingerprint density at radius 3 is 2.57 bits per heavy atom. The maximum atomic E-state index is 6.21. The van der Waals surface area contributed by atoms with Crippen LogP contribution in [0, 0.1) is 13.8 Å². The molecule has 0 bridgehead atoms. The van der Waals surface area contributed by atoms with Crippen molar-refractivity contribution in [3.05, 3.63) is 46.9 Å². The first kappa shape index (κ1) is 13.8. The van der Waals surface area contributed by atoms with Crippen LogP contribution < -0.4 is 5.73 Å². The van der Waals surface area contributed by atoms with Gasteiger partial charge in [0, 0.05) is 7.05 Å². The number of nitrogens with two attached hydrogens (primary N) is 1. The summed E-state index contributed by atoms with van der Waals surface area (Å²) in [7, 11) is 1.82. The Morgan fingerprint density at radius 1 is 1.19 bits per heavy atom. The van der Waals surface area contributed by atoms with E-state index in [1.165, 1.54) is 11.1 Å². The van der Waals surface area contributed by atoms with Crippen molar-refractivity contribution in [2.75, 3.05) is 5.73 Å². The quantitative estimate of drug-likeness (QED) is 0.771. The Balaban J connectivity index is 2.27. The van der Waals surface area contributed by atoms with Crippen LogP contribution in [0.1, 0.15) is 11.1 Å². The summed E-state index contributed by atoms with van der Waals surface area (Å²) >= 11 is 6.10. The van der Waals surface area contributed by atoms with Crippen LogP contribution in [0.4, 0.5) is 5.82 Å². The van der Waals surface area contributed by atoms with Crippen molar-refractivity contribution in [2.24, 2.45) is 7.05 Å². The molecule has 0 saturated carbocycles. The predicted octanol–water partition coefficient (Wildman–Crippen LogP) is 4.20. The molecule has 5 heteroatoms. The van der Waals surface area contributed by atoms with Gasteiger partial charge in [0.05, 0.1) is 17.4 Å². The molecule has 4 nitrogen and oxygen atoms in total. The molecule has 3 aromatic rings. The van der Waals surface area contributed by atoms with Gasteiger partial charge in [-0.1, -0.05) is 18.2 Å². The van der Waals surface area contributed by atoms with E-state index in [0.717, 1.165) is 22.4 Å². The zero-order valence-electron chi connectivity index (χ0n) is 12.1. The summed E-state index contributed by atoms with van der Waals surface area (Å²) in [5.74, 6) is 0.602. The van der Waals surface area contributed by atoms with Gasteiger partial charge in [0.2, 0.25) is 5.22 Å². The van der Waals surface area contributed by atoms with Crippen LogP contribution in [0.2, 0.25) is 5.22 Å². The highest BCUT2D eigenvalue weighted by molar-refractivity contribution is 6.31. The smallest absolute Gasteiger partial charge is 0.202 e. The van der Waals surface area contributed by atoms with Gasteiger partial charge in [-0.25, -0.2) is 0 Å². The lowest BCUT2D eigenvalue weighted by Gasteiger charge is -2.07. The Kier molecular flexibility index (Phi) is 3.26. The van der Waals surface area contributed by atoms with Crippen molar-refractivity contribution < 1.29 is 4.42 Å². The molecule has 0 atom stereocenters. The fourth-order valence-corrected chi connectivity index (χ4v) is 2.57. The summed E-state index contributed by atoms with van der Waals surface area (Å²) in [5.41, 5.74) is 12.0. The highest BCUT2D eigenvalue weighted by atomic mass is 35.5. The average molecular weight is 302 g/mol. The normalized spacial score (nSPS) is 11.0. The van der Waals surface area contributed by atoms with Gasteiger partial charge in [-0.3, -0.25) is 4.68 Å². The molecule has 3 rings (SSSR count). The highest BCUT2D eigenvalue weighted by Crippen LogP contribution is 2.39. The second-order valence-corrected chi connectivity index (χ2v) is 5.48. The number of benzene rings is 1. The van der Waals surface area contributed by atoms with E-state index in [1.807, 2.05) is 13.1 Å². The molecule has 0 aliphatic carbocycles.